The quantitative estimate of drug-likeness (QED) is 0.799. The fourth-order valence-corrected chi connectivity index (χ4v) is 3.32. The normalized spacial score (nSPS) is 18.2. The average molecular weight is 385 g/mol. The van der Waals surface area contributed by atoms with Gasteiger partial charge in [0, 0.05) is 51.1 Å². The van der Waals surface area contributed by atoms with Crippen LogP contribution in [0, 0.1) is 0 Å². The van der Waals surface area contributed by atoms with Gasteiger partial charge >= 0.3 is 0 Å². The van der Waals surface area contributed by atoms with Gasteiger partial charge in [0.15, 0.2) is 0 Å². The third-order valence-corrected chi connectivity index (χ3v) is 4.67. The van der Waals surface area contributed by atoms with Gasteiger partial charge in [0.1, 0.15) is 5.69 Å². The lowest BCUT2D eigenvalue weighted by Crippen LogP contribution is -2.54. The van der Waals surface area contributed by atoms with E-state index in [1.54, 1.807) is 7.11 Å². The van der Waals surface area contributed by atoms with E-state index in [0.717, 1.165) is 44.2 Å². The summed E-state index contributed by atoms with van der Waals surface area (Å²) in [5.74, 6) is 0.0350. The molecule has 0 aromatic carbocycles. The Bertz CT molecular complexity index is 475. The summed E-state index contributed by atoms with van der Waals surface area (Å²) < 4.78 is 5.12. The minimum Gasteiger partial charge on any atom is -0.383 e. The Hall–Kier alpha value is -0.440. The molecule has 1 aliphatic heterocycles. The number of amides is 1. The van der Waals surface area contributed by atoms with E-state index in [-0.39, 0.29) is 30.7 Å². The number of halogens is 2. The molecule has 1 aliphatic rings. The van der Waals surface area contributed by atoms with Crippen molar-refractivity contribution in [1.29, 1.82) is 0 Å². The van der Waals surface area contributed by atoms with Crippen LogP contribution in [0.1, 0.15) is 22.4 Å². The van der Waals surface area contributed by atoms with E-state index in [2.05, 4.69) is 16.8 Å². The number of hydrogen-bond donors (Lipinski definition) is 1. The lowest BCUT2D eigenvalue weighted by atomic mass is 10.2. The van der Waals surface area contributed by atoms with Gasteiger partial charge in [0.25, 0.3) is 5.91 Å². The van der Waals surface area contributed by atoms with Crippen molar-refractivity contribution in [3.8, 4) is 0 Å². The van der Waals surface area contributed by atoms with Crippen LogP contribution in [0.2, 0.25) is 0 Å². The summed E-state index contributed by atoms with van der Waals surface area (Å²) in [7, 11) is 1.71. The molecule has 2 rings (SSSR count). The number of nitrogens with two attached hydrogens (primary N) is 1. The Kier molecular flexibility index (Phi) is 11.0. The first-order valence-corrected chi connectivity index (χ1v) is 8.20. The number of nitrogens with zero attached hydrogens (tertiary/aromatic N) is 3. The molecular formula is C14H26Cl2N4O2S. The number of rotatable bonds is 6. The van der Waals surface area contributed by atoms with Crippen LogP contribution in [0.3, 0.4) is 0 Å². The molecule has 0 spiro atoms. The molecule has 9 heteroatoms. The monoisotopic (exact) mass is 384 g/mol. The van der Waals surface area contributed by atoms with E-state index in [1.165, 1.54) is 11.3 Å². The van der Waals surface area contributed by atoms with Crippen LogP contribution in [0.5, 0.6) is 0 Å². The van der Waals surface area contributed by atoms with Gasteiger partial charge in [-0.2, -0.15) is 0 Å². The van der Waals surface area contributed by atoms with Crippen molar-refractivity contribution in [2.45, 2.75) is 19.4 Å². The predicted molar refractivity (Wildman–Crippen MR) is 98.2 cm³/mol. The molecule has 1 amide bonds. The maximum atomic E-state index is 12.5. The van der Waals surface area contributed by atoms with Gasteiger partial charge in [-0.25, -0.2) is 4.98 Å². The Labute approximate surface area is 154 Å². The van der Waals surface area contributed by atoms with E-state index in [4.69, 9.17) is 10.5 Å². The van der Waals surface area contributed by atoms with Crippen LogP contribution in [0.25, 0.3) is 0 Å². The molecule has 0 saturated carbocycles. The molecule has 23 heavy (non-hydrogen) atoms. The number of ether oxygens (including phenoxy) is 1. The second-order valence-corrected chi connectivity index (χ2v) is 6.24. The van der Waals surface area contributed by atoms with Gasteiger partial charge in [-0.05, 0) is 13.5 Å². The minimum absolute atomic E-state index is 0. The highest BCUT2D eigenvalue weighted by molar-refractivity contribution is 7.09. The largest absolute Gasteiger partial charge is 0.383 e. The van der Waals surface area contributed by atoms with Crippen molar-refractivity contribution in [1.82, 2.24) is 14.8 Å². The molecular weight excluding hydrogens is 359 g/mol. The van der Waals surface area contributed by atoms with Crippen LogP contribution in [0.4, 0.5) is 0 Å². The van der Waals surface area contributed by atoms with Gasteiger partial charge in [-0.15, -0.1) is 36.2 Å². The van der Waals surface area contributed by atoms with E-state index in [1.807, 2.05) is 10.3 Å². The van der Waals surface area contributed by atoms with Crippen molar-refractivity contribution in [3.63, 3.8) is 0 Å². The third-order valence-electron chi connectivity index (χ3n) is 3.76. The van der Waals surface area contributed by atoms with E-state index >= 15 is 0 Å². The van der Waals surface area contributed by atoms with E-state index < -0.39 is 0 Å². The Balaban J connectivity index is 0.00000242. The molecule has 0 bridgehead atoms. The van der Waals surface area contributed by atoms with Gasteiger partial charge in [-0.1, -0.05) is 0 Å². The molecule has 6 nitrogen and oxygen atoms in total. The molecule has 1 atom stereocenters. The van der Waals surface area contributed by atoms with Crippen molar-refractivity contribution in [2.24, 2.45) is 5.73 Å². The molecule has 1 unspecified atom stereocenters. The van der Waals surface area contributed by atoms with Crippen LogP contribution in [-0.2, 0) is 11.2 Å². The zero-order chi connectivity index (χ0) is 15.2. The average Bonchev–Trinajstić information content (AvgIpc) is 2.94. The van der Waals surface area contributed by atoms with E-state index in [9.17, 15) is 4.79 Å². The fourth-order valence-electron chi connectivity index (χ4n) is 2.53. The Morgan fingerprint density at radius 1 is 1.48 bits per heavy atom. The smallest absolute Gasteiger partial charge is 0.273 e. The number of thiazole rings is 1. The predicted octanol–water partition coefficient (Wildman–Crippen LogP) is 1.28. The maximum Gasteiger partial charge on any atom is 0.273 e. The van der Waals surface area contributed by atoms with Gasteiger partial charge in [0.2, 0.25) is 0 Å². The summed E-state index contributed by atoms with van der Waals surface area (Å²) in [6.45, 7) is 6.73. The van der Waals surface area contributed by atoms with E-state index in [0.29, 0.717) is 18.3 Å². The highest BCUT2D eigenvalue weighted by atomic mass is 35.5. The third kappa shape index (κ3) is 6.17. The number of carbonyl (C=O) groups excluding carboxylic acids is 1. The van der Waals surface area contributed by atoms with Crippen molar-refractivity contribution in [3.05, 3.63) is 16.1 Å². The summed E-state index contributed by atoms with van der Waals surface area (Å²) in [6, 6.07) is 0.347. The van der Waals surface area contributed by atoms with Crippen LogP contribution in [-0.4, -0.2) is 73.2 Å². The molecule has 1 fully saturated rings. The standard InChI is InChI=1S/C14H24N4O2S.2ClH/c1-11-9-18(6-5-17(11)7-8-20-2)14(19)12-10-21-13(16-12)3-4-15;;/h10-11H,3-9,15H2,1-2H3;2*1H. The second-order valence-electron chi connectivity index (χ2n) is 5.29. The van der Waals surface area contributed by atoms with Crippen molar-refractivity contribution >= 4 is 42.1 Å². The lowest BCUT2D eigenvalue weighted by molar-refractivity contribution is 0.0430. The second kappa shape index (κ2) is 11.2. The summed E-state index contributed by atoms with van der Waals surface area (Å²) in [5, 5.41) is 2.78. The zero-order valence-electron chi connectivity index (χ0n) is 13.6. The summed E-state index contributed by atoms with van der Waals surface area (Å²) >= 11 is 1.51. The number of carbonyl (C=O) groups is 1. The Morgan fingerprint density at radius 2 is 2.22 bits per heavy atom. The van der Waals surface area contributed by atoms with Gasteiger partial charge in [-0.3, -0.25) is 9.69 Å². The van der Waals surface area contributed by atoms with Crippen molar-refractivity contribution in [2.75, 3.05) is 46.4 Å². The highest BCUT2D eigenvalue weighted by Crippen LogP contribution is 2.15. The van der Waals surface area contributed by atoms with Crippen LogP contribution < -0.4 is 5.73 Å². The van der Waals surface area contributed by atoms with Gasteiger partial charge < -0.3 is 15.4 Å². The topological polar surface area (TPSA) is 71.7 Å². The van der Waals surface area contributed by atoms with Crippen LogP contribution >= 0.6 is 36.2 Å². The molecule has 1 aromatic heterocycles. The molecule has 0 aliphatic carbocycles. The number of hydrogen-bond acceptors (Lipinski definition) is 6. The molecule has 1 saturated heterocycles. The molecule has 2 N–H and O–H groups in total. The number of piperazine rings is 1. The first kappa shape index (κ1) is 22.6. The lowest BCUT2D eigenvalue weighted by Gasteiger charge is -2.39. The molecule has 134 valence electrons. The van der Waals surface area contributed by atoms with Crippen LogP contribution in [0.15, 0.2) is 5.38 Å². The van der Waals surface area contributed by atoms with Gasteiger partial charge in [0.05, 0.1) is 11.6 Å². The van der Waals surface area contributed by atoms with Crippen molar-refractivity contribution < 1.29 is 9.53 Å². The molecule has 2 heterocycles. The first-order valence-electron chi connectivity index (χ1n) is 7.32. The SMILES string of the molecule is COCCN1CCN(C(=O)c2csc(CCN)n2)CC1C.Cl.Cl. The molecule has 1 aromatic rings. The summed E-state index contributed by atoms with van der Waals surface area (Å²) in [4.78, 5) is 21.1. The number of methoxy groups -OCH3 is 1. The summed E-state index contributed by atoms with van der Waals surface area (Å²) in [5.41, 5.74) is 6.07. The highest BCUT2D eigenvalue weighted by Gasteiger charge is 2.28. The Morgan fingerprint density at radius 3 is 2.83 bits per heavy atom. The first-order chi connectivity index (χ1) is 10.2. The maximum absolute atomic E-state index is 12.5. The fraction of sp³-hybridized carbons (Fsp3) is 0.714. The summed E-state index contributed by atoms with van der Waals surface area (Å²) in [6.07, 6.45) is 0.735. The molecule has 0 radical (unpaired) electrons. The minimum atomic E-state index is 0. The zero-order valence-corrected chi connectivity index (χ0v) is 16.0. The number of aromatic nitrogens is 1.